The largest absolute Gasteiger partial charge is 0.478 e. The zero-order valence-electron chi connectivity index (χ0n) is 9.53. The number of hydrogen-bond acceptors (Lipinski definition) is 3. The molecule has 0 aliphatic rings. The minimum atomic E-state index is -1.07. The van der Waals surface area contributed by atoms with Crippen LogP contribution in [0.4, 0.5) is 0 Å². The molecule has 1 amide bonds. The zero-order valence-corrected chi connectivity index (χ0v) is 9.53. The molecule has 0 aromatic heterocycles. The minimum Gasteiger partial charge on any atom is -0.478 e. The molecule has 0 radical (unpaired) electrons. The second kappa shape index (κ2) is 7.62. The second-order valence-electron chi connectivity index (χ2n) is 3.34. The number of carboxylic acid groups (broad SMARTS) is 1. The Morgan fingerprint density at radius 1 is 1.31 bits per heavy atom. The molecule has 5 heteroatoms. The third-order valence-corrected chi connectivity index (χ3v) is 1.96. The molecule has 0 aliphatic carbocycles. The topological polar surface area (TPSA) is 83.5 Å². The van der Waals surface area contributed by atoms with E-state index in [1.165, 1.54) is 6.08 Å². The summed E-state index contributed by atoms with van der Waals surface area (Å²) in [4.78, 5) is 32.6. The highest BCUT2D eigenvalue weighted by molar-refractivity contribution is 6.36. The van der Waals surface area contributed by atoms with Gasteiger partial charge in [0.25, 0.3) is 5.91 Å². The quantitative estimate of drug-likeness (QED) is 0.499. The number of carbonyl (C=O) groups excluding carboxylic acids is 2. The molecular weight excluding hydrogens is 210 g/mol. The summed E-state index contributed by atoms with van der Waals surface area (Å²) in [6.07, 6.45) is 3.89. The average molecular weight is 227 g/mol. The number of amides is 1. The lowest BCUT2D eigenvalue weighted by atomic mass is 10.1. The van der Waals surface area contributed by atoms with Gasteiger partial charge in [0.05, 0.1) is 0 Å². The summed E-state index contributed by atoms with van der Waals surface area (Å²) in [5.41, 5.74) is 0. The van der Waals surface area contributed by atoms with E-state index in [1.807, 2.05) is 6.92 Å². The predicted molar refractivity (Wildman–Crippen MR) is 58.9 cm³/mol. The molecule has 0 spiro atoms. The van der Waals surface area contributed by atoms with Crippen LogP contribution < -0.4 is 5.32 Å². The van der Waals surface area contributed by atoms with E-state index in [0.717, 1.165) is 12.5 Å². The van der Waals surface area contributed by atoms with E-state index in [0.29, 0.717) is 6.42 Å². The van der Waals surface area contributed by atoms with E-state index in [2.05, 4.69) is 5.32 Å². The maximum Gasteiger partial charge on any atom is 0.328 e. The van der Waals surface area contributed by atoms with Gasteiger partial charge in [0.1, 0.15) is 0 Å². The van der Waals surface area contributed by atoms with Gasteiger partial charge < -0.3 is 10.4 Å². The van der Waals surface area contributed by atoms with Gasteiger partial charge in [0, 0.05) is 18.5 Å². The van der Waals surface area contributed by atoms with Crippen LogP contribution in [0.3, 0.4) is 0 Å². The molecule has 1 atom stereocenters. The van der Waals surface area contributed by atoms with Crippen molar-refractivity contribution in [2.45, 2.75) is 39.2 Å². The van der Waals surface area contributed by atoms with Crippen molar-refractivity contribution in [3.05, 3.63) is 12.2 Å². The molecule has 0 rings (SSSR count). The smallest absolute Gasteiger partial charge is 0.328 e. The summed E-state index contributed by atoms with van der Waals surface area (Å²) in [7, 11) is 0. The Morgan fingerprint density at radius 2 is 1.94 bits per heavy atom. The van der Waals surface area contributed by atoms with Crippen molar-refractivity contribution in [3.8, 4) is 0 Å². The van der Waals surface area contributed by atoms with Crippen LogP contribution in [0.1, 0.15) is 33.1 Å². The summed E-state index contributed by atoms with van der Waals surface area (Å²) >= 11 is 0. The highest BCUT2D eigenvalue weighted by atomic mass is 16.4. The number of hydrogen-bond donors (Lipinski definition) is 2. The predicted octanol–water partition coefficient (Wildman–Crippen LogP) is 0.891. The number of carboxylic acids is 1. The molecule has 0 saturated carbocycles. The van der Waals surface area contributed by atoms with Crippen molar-refractivity contribution >= 4 is 17.7 Å². The highest BCUT2D eigenvalue weighted by Gasteiger charge is 2.14. The number of Topliss-reactive ketones (excluding diaryl/α,β-unsaturated/α-hetero) is 1. The highest BCUT2D eigenvalue weighted by Crippen LogP contribution is 1.99. The first-order valence-corrected chi connectivity index (χ1v) is 5.26. The Labute approximate surface area is 94.5 Å². The van der Waals surface area contributed by atoms with Crippen LogP contribution in [0, 0.1) is 0 Å². The van der Waals surface area contributed by atoms with Crippen molar-refractivity contribution in [2.24, 2.45) is 0 Å². The maximum atomic E-state index is 11.3. The van der Waals surface area contributed by atoms with Gasteiger partial charge in [0.2, 0.25) is 5.78 Å². The van der Waals surface area contributed by atoms with Gasteiger partial charge in [-0.05, 0) is 6.42 Å². The third-order valence-electron chi connectivity index (χ3n) is 1.96. The molecule has 90 valence electrons. The van der Waals surface area contributed by atoms with E-state index in [9.17, 15) is 14.4 Å². The van der Waals surface area contributed by atoms with Gasteiger partial charge in [0.15, 0.2) is 0 Å². The summed E-state index contributed by atoms with van der Waals surface area (Å²) in [6.45, 7) is 3.51. The monoisotopic (exact) mass is 227 g/mol. The standard InChI is InChI=1S/C11H17NO4/c1-3-5-8(6-7-10(14)15)12-11(16)9(13)4-2/h6-8H,3-5H2,1-2H3,(H,12,16)(H,14,15)/t8-/m0/s1. The fraction of sp³-hybridized carbons (Fsp3) is 0.545. The van der Waals surface area contributed by atoms with Gasteiger partial charge in [-0.1, -0.05) is 26.3 Å². The lowest BCUT2D eigenvalue weighted by Gasteiger charge is -2.12. The second-order valence-corrected chi connectivity index (χ2v) is 3.34. The molecular formula is C11H17NO4. The molecule has 0 fully saturated rings. The first-order chi connectivity index (χ1) is 7.51. The Kier molecular flexibility index (Phi) is 6.83. The number of ketones is 1. The number of nitrogens with one attached hydrogen (secondary N) is 1. The van der Waals surface area contributed by atoms with Crippen molar-refractivity contribution in [2.75, 3.05) is 0 Å². The molecule has 0 unspecified atom stereocenters. The Morgan fingerprint density at radius 3 is 2.38 bits per heavy atom. The Hall–Kier alpha value is -1.65. The van der Waals surface area contributed by atoms with Crippen LogP contribution >= 0.6 is 0 Å². The van der Waals surface area contributed by atoms with Crippen LogP contribution in [0.5, 0.6) is 0 Å². The van der Waals surface area contributed by atoms with E-state index < -0.39 is 23.7 Å². The Balaban J connectivity index is 4.38. The van der Waals surface area contributed by atoms with Crippen LogP contribution in [0.25, 0.3) is 0 Å². The first kappa shape index (κ1) is 14.3. The molecule has 0 aromatic carbocycles. The molecule has 0 aliphatic heterocycles. The van der Waals surface area contributed by atoms with Crippen molar-refractivity contribution in [1.82, 2.24) is 5.32 Å². The summed E-state index contributed by atoms with van der Waals surface area (Å²) in [6, 6.07) is -0.399. The van der Waals surface area contributed by atoms with E-state index in [-0.39, 0.29) is 6.42 Å². The number of carbonyl (C=O) groups is 3. The van der Waals surface area contributed by atoms with Gasteiger partial charge >= 0.3 is 5.97 Å². The van der Waals surface area contributed by atoms with E-state index in [4.69, 9.17) is 5.11 Å². The van der Waals surface area contributed by atoms with Crippen molar-refractivity contribution in [1.29, 1.82) is 0 Å². The van der Waals surface area contributed by atoms with E-state index in [1.54, 1.807) is 6.92 Å². The first-order valence-electron chi connectivity index (χ1n) is 5.26. The molecule has 16 heavy (non-hydrogen) atoms. The van der Waals surface area contributed by atoms with Crippen molar-refractivity contribution < 1.29 is 19.5 Å². The number of rotatable bonds is 7. The summed E-state index contributed by atoms with van der Waals surface area (Å²) in [5, 5.41) is 10.9. The summed E-state index contributed by atoms with van der Waals surface area (Å²) in [5.74, 6) is -2.22. The molecule has 0 bridgehead atoms. The fourth-order valence-corrected chi connectivity index (χ4v) is 1.14. The average Bonchev–Trinajstić information content (AvgIpc) is 2.24. The minimum absolute atomic E-state index is 0.146. The maximum absolute atomic E-state index is 11.3. The van der Waals surface area contributed by atoms with Gasteiger partial charge in [-0.25, -0.2) is 4.79 Å². The summed E-state index contributed by atoms with van der Waals surface area (Å²) < 4.78 is 0. The van der Waals surface area contributed by atoms with Gasteiger partial charge in [-0.2, -0.15) is 0 Å². The normalized spacial score (nSPS) is 12.4. The molecule has 5 nitrogen and oxygen atoms in total. The SMILES string of the molecule is CCC[C@@H](C=CC(=O)O)NC(=O)C(=O)CC. The zero-order chi connectivity index (χ0) is 12.6. The van der Waals surface area contributed by atoms with Gasteiger partial charge in [-0.15, -0.1) is 0 Å². The van der Waals surface area contributed by atoms with E-state index >= 15 is 0 Å². The van der Waals surface area contributed by atoms with Crippen LogP contribution in [-0.2, 0) is 14.4 Å². The lowest BCUT2D eigenvalue weighted by molar-refractivity contribution is -0.138. The molecule has 0 aromatic rings. The molecule has 2 N–H and O–H groups in total. The third kappa shape index (κ3) is 5.95. The van der Waals surface area contributed by atoms with Crippen molar-refractivity contribution in [3.63, 3.8) is 0 Å². The van der Waals surface area contributed by atoms with Crippen LogP contribution in [-0.4, -0.2) is 28.8 Å². The van der Waals surface area contributed by atoms with Crippen LogP contribution in [0.15, 0.2) is 12.2 Å². The Bertz CT molecular complexity index is 296. The van der Waals surface area contributed by atoms with Crippen LogP contribution in [0.2, 0.25) is 0 Å². The van der Waals surface area contributed by atoms with Gasteiger partial charge in [-0.3, -0.25) is 9.59 Å². The molecule has 0 saturated heterocycles. The lowest BCUT2D eigenvalue weighted by Crippen LogP contribution is -2.38. The fourth-order valence-electron chi connectivity index (χ4n) is 1.14. The number of aliphatic carboxylic acids is 1. The molecule has 0 heterocycles.